The zero-order valence-electron chi connectivity index (χ0n) is 7.51. The SMILES string of the molecule is O=CCOc1ccnc2ccccc12. The summed E-state index contributed by atoms with van der Waals surface area (Å²) in [6, 6.07) is 9.41. The molecule has 1 aromatic carbocycles. The molecule has 0 unspecified atom stereocenters. The van der Waals surface area contributed by atoms with Gasteiger partial charge in [0.15, 0.2) is 6.29 Å². The Morgan fingerprint density at radius 1 is 1.29 bits per heavy atom. The number of nitrogens with zero attached hydrogens (tertiary/aromatic N) is 1. The van der Waals surface area contributed by atoms with Crippen molar-refractivity contribution in [3.8, 4) is 5.75 Å². The molecule has 0 saturated heterocycles. The Bertz CT molecular complexity index is 448. The summed E-state index contributed by atoms with van der Waals surface area (Å²) in [5, 5.41) is 0.928. The molecule has 0 aliphatic heterocycles. The Labute approximate surface area is 81.3 Å². The molecule has 0 spiro atoms. The van der Waals surface area contributed by atoms with Crippen LogP contribution < -0.4 is 4.74 Å². The van der Waals surface area contributed by atoms with E-state index in [0.717, 1.165) is 17.2 Å². The summed E-state index contributed by atoms with van der Waals surface area (Å²) in [7, 11) is 0. The second-order valence-electron chi connectivity index (χ2n) is 2.80. The number of benzene rings is 1. The van der Waals surface area contributed by atoms with Crippen molar-refractivity contribution in [1.29, 1.82) is 0 Å². The lowest BCUT2D eigenvalue weighted by atomic mass is 10.2. The number of rotatable bonds is 3. The van der Waals surface area contributed by atoms with Crippen LogP contribution in [-0.2, 0) is 4.79 Å². The summed E-state index contributed by atoms with van der Waals surface area (Å²) in [5.74, 6) is 0.697. The van der Waals surface area contributed by atoms with Gasteiger partial charge in [-0.1, -0.05) is 12.1 Å². The lowest BCUT2D eigenvalue weighted by molar-refractivity contribution is -0.109. The zero-order chi connectivity index (χ0) is 9.80. The highest BCUT2D eigenvalue weighted by Gasteiger charge is 2.00. The van der Waals surface area contributed by atoms with E-state index in [1.807, 2.05) is 24.3 Å². The summed E-state index contributed by atoms with van der Waals surface area (Å²) < 4.78 is 5.26. The molecule has 1 heterocycles. The normalized spacial score (nSPS) is 10.0. The number of fused-ring (bicyclic) bond motifs is 1. The van der Waals surface area contributed by atoms with Gasteiger partial charge in [0.2, 0.25) is 0 Å². The number of carbonyl (C=O) groups excluding carboxylic acids is 1. The summed E-state index contributed by atoms with van der Waals surface area (Å²) in [4.78, 5) is 14.4. The molecular weight excluding hydrogens is 178 g/mol. The Balaban J connectivity index is 2.48. The van der Waals surface area contributed by atoms with Crippen molar-refractivity contribution >= 4 is 17.2 Å². The molecule has 1 aromatic heterocycles. The average Bonchev–Trinajstić information content (AvgIpc) is 2.26. The molecule has 2 aromatic rings. The molecule has 0 atom stereocenters. The van der Waals surface area contributed by atoms with Gasteiger partial charge in [-0.3, -0.25) is 9.78 Å². The topological polar surface area (TPSA) is 39.2 Å². The number of hydrogen-bond donors (Lipinski definition) is 0. The van der Waals surface area contributed by atoms with Gasteiger partial charge >= 0.3 is 0 Å². The van der Waals surface area contributed by atoms with Gasteiger partial charge in [-0.15, -0.1) is 0 Å². The van der Waals surface area contributed by atoms with E-state index in [9.17, 15) is 4.79 Å². The van der Waals surface area contributed by atoms with Crippen molar-refractivity contribution < 1.29 is 9.53 Å². The number of hydrogen-bond acceptors (Lipinski definition) is 3. The molecule has 0 fully saturated rings. The summed E-state index contributed by atoms with van der Waals surface area (Å²) in [6.45, 7) is 0.0774. The monoisotopic (exact) mass is 187 g/mol. The molecule has 0 saturated carbocycles. The largest absolute Gasteiger partial charge is 0.485 e. The Kier molecular flexibility index (Phi) is 2.40. The molecule has 0 radical (unpaired) electrons. The Hall–Kier alpha value is -1.90. The molecule has 0 bridgehead atoms. The van der Waals surface area contributed by atoms with Crippen LogP contribution in [0, 0.1) is 0 Å². The van der Waals surface area contributed by atoms with Crippen molar-refractivity contribution in [1.82, 2.24) is 4.98 Å². The number of pyridine rings is 1. The third-order valence-electron chi connectivity index (χ3n) is 1.92. The van der Waals surface area contributed by atoms with E-state index in [4.69, 9.17) is 4.74 Å². The number of aldehydes is 1. The van der Waals surface area contributed by atoms with Gasteiger partial charge in [0, 0.05) is 11.6 Å². The van der Waals surface area contributed by atoms with Gasteiger partial charge in [-0.05, 0) is 18.2 Å². The summed E-state index contributed by atoms with van der Waals surface area (Å²) >= 11 is 0. The average molecular weight is 187 g/mol. The predicted octanol–water partition coefficient (Wildman–Crippen LogP) is 1.81. The highest BCUT2D eigenvalue weighted by Crippen LogP contribution is 2.22. The lowest BCUT2D eigenvalue weighted by Gasteiger charge is -2.04. The van der Waals surface area contributed by atoms with E-state index in [1.54, 1.807) is 12.3 Å². The van der Waals surface area contributed by atoms with Crippen LogP contribution in [0.4, 0.5) is 0 Å². The maximum absolute atomic E-state index is 10.2. The highest BCUT2D eigenvalue weighted by atomic mass is 16.5. The van der Waals surface area contributed by atoms with E-state index in [1.165, 1.54) is 0 Å². The Morgan fingerprint density at radius 2 is 2.14 bits per heavy atom. The van der Waals surface area contributed by atoms with Crippen LogP contribution in [0.5, 0.6) is 5.75 Å². The van der Waals surface area contributed by atoms with Gasteiger partial charge < -0.3 is 4.74 Å². The van der Waals surface area contributed by atoms with E-state index in [2.05, 4.69) is 4.98 Å². The minimum atomic E-state index is 0.0774. The van der Waals surface area contributed by atoms with E-state index < -0.39 is 0 Å². The third-order valence-corrected chi connectivity index (χ3v) is 1.92. The fraction of sp³-hybridized carbons (Fsp3) is 0.0909. The van der Waals surface area contributed by atoms with E-state index in [0.29, 0.717) is 5.75 Å². The van der Waals surface area contributed by atoms with Gasteiger partial charge in [0.05, 0.1) is 5.52 Å². The molecule has 14 heavy (non-hydrogen) atoms. The minimum Gasteiger partial charge on any atom is -0.485 e. The van der Waals surface area contributed by atoms with Crippen molar-refractivity contribution in [3.63, 3.8) is 0 Å². The molecule has 0 amide bonds. The zero-order valence-corrected chi connectivity index (χ0v) is 7.51. The van der Waals surface area contributed by atoms with Crippen LogP contribution in [0.1, 0.15) is 0 Å². The minimum absolute atomic E-state index is 0.0774. The highest BCUT2D eigenvalue weighted by molar-refractivity contribution is 5.84. The Morgan fingerprint density at radius 3 is 3.00 bits per heavy atom. The molecule has 0 N–H and O–H groups in total. The number of aromatic nitrogens is 1. The first-order valence-electron chi connectivity index (χ1n) is 4.32. The lowest BCUT2D eigenvalue weighted by Crippen LogP contribution is -1.98. The first-order chi connectivity index (χ1) is 6.92. The predicted molar refractivity (Wildman–Crippen MR) is 53.3 cm³/mol. The number of ether oxygens (including phenoxy) is 1. The van der Waals surface area contributed by atoms with E-state index in [-0.39, 0.29) is 6.61 Å². The summed E-state index contributed by atoms with van der Waals surface area (Å²) in [5.41, 5.74) is 0.871. The van der Waals surface area contributed by atoms with E-state index >= 15 is 0 Å². The number of carbonyl (C=O) groups is 1. The fourth-order valence-corrected chi connectivity index (χ4v) is 1.32. The molecular formula is C11H9NO2. The van der Waals surface area contributed by atoms with Crippen molar-refractivity contribution in [2.45, 2.75) is 0 Å². The van der Waals surface area contributed by atoms with Crippen molar-refractivity contribution in [2.75, 3.05) is 6.61 Å². The fourth-order valence-electron chi connectivity index (χ4n) is 1.32. The maximum Gasteiger partial charge on any atom is 0.157 e. The quantitative estimate of drug-likeness (QED) is 0.688. The number of para-hydroxylation sites is 1. The molecule has 70 valence electrons. The van der Waals surface area contributed by atoms with Crippen LogP contribution in [-0.4, -0.2) is 17.9 Å². The van der Waals surface area contributed by atoms with Crippen molar-refractivity contribution in [2.24, 2.45) is 0 Å². The van der Waals surface area contributed by atoms with Gasteiger partial charge in [-0.2, -0.15) is 0 Å². The van der Waals surface area contributed by atoms with Gasteiger partial charge in [0.1, 0.15) is 12.4 Å². The van der Waals surface area contributed by atoms with Crippen LogP contribution in [0.15, 0.2) is 36.5 Å². The molecule has 0 aliphatic carbocycles. The van der Waals surface area contributed by atoms with Gasteiger partial charge in [0.25, 0.3) is 0 Å². The van der Waals surface area contributed by atoms with Crippen LogP contribution in [0.2, 0.25) is 0 Å². The second-order valence-corrected chi connectivity index (χ2v) is 2.80. The second kappa shape index (κ2) is 3.87. The smallest absolute Gasteiger partial charge is 0.157 e. The van der Waals surface area contributed by atoms with Crippen LogP contribution >= 0.6 is 0 Å². The van der Waals surface area contributed by atoms with Crippen LogP contribution in [0.3, 0.4) is 0 Å². The summed E-state index contributed by atoms with van der Waals surface area (Å²) in [6.07, 6.45) is 2.40. The van der Waals surface area contributed by atoms with Crippen LogP contribution in [0.25, 0.3) is 10.9 Å². The first kappa shape index (κ1) is 8.69. The van der Waals surface area contributed by atoms with Gasteiger partial charge in [-0.25, -0.2) is 0 Å². The standard InChI is InChI=1S/C11H9NO2/c13-7-8-14-11-5-6-12-10-4-2-1-3-9(10)11/h1-7H,8H2. The molecule has 3 nitrogen and oxygen atoms in total. The van der Waals surface area contributed by atoms with Crippen molar-refractivity contribution in [3.05, 3.63) is 36.5 Å². The molecule has 2 rings (SSSR count). The maximum atomic E-state index is 10.2. The third kappa shape index (κ3) is 1.57. The molecule has 3 heteroatoms. The first-order valence-corrected chi connectivity index (χ1v) is 4.32. The molecule has 0 aliphatic rings.